The number of hydrogen-bond acceptors (Lipinski definition) is 7. The fraction of sp³-hybridized carbons (Fsp3) is 0.714. The first-order chi connectivity index (χ1) is 13.9. The number of aromatic nitrogens is 1. The number of morpholine rings is 1. The van der Waals surface area contributed by atoms with Crippen molar-refractivity contribution >= 4 is 25.7 Å². The van der Waals surface area contributed by atoms with Crippen LogP contribution in [-0.2, 0) is 25.6 Å². The summed E-state index contributed by atoms with van der Waals surface area (Å²) >= 11 is 0. The van der Waals surface area contributed by atoms with Crippen molar-refractivity contribution in [3.63, 3.8) is 0 Å². The molecular formula is C21H37N3O5Si. The van der Waals surface area contributed by atoms with Gasteiger partial charge in [-0.05, 0) is 33.8 Å². The van der Waals surface area contributed by atoms with E-state index in [-0.39, 0.29) is 12.5 Å². The van der Waals surface area contributed by atoms with Gasteiger partial charge < -0.3 is 23.8 Å². The number of rotatable bonds is 8. The highest BCUT2D eigenvalue weighted by atomic mass is 28.3. The molecule has 2 heterocycles. The third-order valence-electron chi connectivity index (χ3n) is 4.74. The van der Waals surface area contributed by atoms with Crippen LogP contribution in [0.15, 0.2) is 12.1 Å². The van der Waals surface area contributed by atoms with E-state index >= 15 is 0 Å². The molecule has 30 heavy (non-hydrogen) atoms. The Bertz CT molecular complexity index is 697. The summed E-state index contributed by atoms with van der Waals surface area (Å²) in [5.41, 5.74) is 1.31. The van der Waals surface area contributed by atoms with Crippen LogP contribution in [0.25, 0.3) is 0 Å². The number of carbonyl (C=O) groups is 1. The molecule has 0 saturated carbocycles. The van der Waals surface area contributed by atoms with E-state index < -0.39 is 19.8 Å². The lowest BCUT2D eigenvalue weighted by Crippen LogP contribution is -2.38. The van der Waals surface area contributed by atoms with E-state index in [0.29, 0.717) is 31.3 Å². The molecule has 1 N–H and O–H groups in total. The topological polar surface area (TPSA) is 82.2 Å². The SMILES string of the molecule is CC(OCOCc1cc(N2CCOCC2)cc(NC(=O)OC(C)(C)C)n1)[Si](C)(C)C. The van der Waals surface area contributed by atoms with Gasteiger partial charge in [-0.2, -0.15) is 0 Å². The molecule has 1 saturated heterocycles. The van der Waals surface area contributed by atoms with E-state index in [0.717, 1.165) is 18.8 Å². The lowest BCUT2D eigenvalue weighted by Gasteiger charge is -2.29. The zero-order valence-electron chi connectivity index (χ0n) is 19.4. The number of amides is 1. The Morgan fingerprint density at radius 3 is 2.53 bits per heavy atom. The number of nitrogens with zero attached hydrogens (tertiary/aromatic N) is 2. The van der Waals surface area contributed by atoms with Gasteiger partial charge in [-0.3, -0.25) is 5.32 Å². The summed E-state index contributed by atoms with van der Waals surface area (Å²) in [7, 11) is -1.37. The van der Waals surface area contributed by atoms with E-state index in [1.165, 1.54) is 0 Å². The second kappa shape index (κ2) is 10.6. The lowest BCUT2D eigenvalue weighted by atomic mass is 10.2. The summed E-state index contributed by atoms with van der Waals surface area (Å²) in [5, 5.41) is 2.74. The quantitative estimate of drug-likeness (QED) is 0.372. The van der Waals surface area contributed by atoms with Gasteiger partial charge in [0.2, 0.25) is 0 Å². The molecule has 9 heteroatoms. The molecule has 0 spiro atoms. The Morgan fingerprint density at radius 2 is 1.93 bits per heavy atom. The zero-order valence-corrected chi connectivity index (χ0v) is 20.4. The maximum Gasteiger partial charge on any atom is 0.413 e. The van der Waals surface area contributed by atoms with Crippen molar-refractivity contribution in [1.82, 2.24) is 4.98 Å². The van der Waals surface area contributed by atoms with Gasteiger partial charge >= 0.3 is 6.09 Å². The minimum Gasteiger partial charge on any atom is -0.444 e. The Kier molecular flexibility index (Phi) is 8.66. The molecule has 2 rings (SSSR count). The highest BCUT2D eigenvalue weighted by Crippen LogP contribution is 2.22. The summed E-state index contributed by atoms with van der Waals surface area (Å²) in [6.45, 7) is 17.8. The van der Waals surface area contributed by atoms with Crippen LogP contribution in [-0.4, -0.2) is 63.6 Å². The Labute approximate surface area is 181 Å². The zero-order chi connectivity index (χ0) is 22.4. The molecule has 1 aromatic rings. The first kappa shape index (κ1) is 24.6. The highest BCUT2D eigenvalue weighted by Gasteiger charge is 2.23. The van der Waals surface area contributed by atoms with Crippen LogP contribution in [0.1, 0.15) is 33.4 Å². The monoisotopic (exact) mass is 439 g/mol. The van der Waals surface area contributed by atoms with Crippen molar-refractivity contribution < 1.29 is 23.7 Å². The molecule has 0 bridgehead atoms. The van der Waals surface area contributed by atoms with E-state index in [2.05, 4.69) is 41.8 Å². The van der Waals surface area contributed by atoms with Crippen LogP contribution < -0.4 is 10.2 Å². The normalized spacial score (nSPS) is 16.3. The van der Waals surface area contributed by atoms with Gasteiger partial charge in [0.25, 0.3) is 0 Å². The van der Waals surface area contributed by atoms with Gasteiger partial charge in [0.1, 0.15) is 18.2 Å². The minimum atomic E-state index is -1.37. The van der Waals surface area contributed by atoms with Crippen molar-refractivity contribution in [3.8, 4) is 0 Å². The number of ether oxygens (including phenoxy) is 4. The summed E-state index contributed by atoms with van der Waals surface area (Å²) < 4.78 is 22.3. The van der Waals surface area contributed by atoms with E-state index in [1.54, 1.807) is 0 Å². The van der Waals surface area contributed by atoms with Crippen LogP contribution in [0.3, 0.4) is 0 Å². The predicted octanol–water partition coefficient (Wildman–Crippen LogP) is 4.02. The van der Waals surface area contributed by atoms with Crippen LogP contribution in [0, 0.1) is 0 Å². The standard InChI is InChI=1S/C21H37N3O5Si/c1-16(30(5,6)7)28-15-27-14-17-12-18(24-8-10-26-11-9-24)13-19(22-17)23-20(25)29-21(2,3)4/h12-13,16H,8-11,14-15H2,1-7H3,(H,22,23,25). The van der Waals surface area contributed by atoms with E-state index in [9.17, 15) is 4.79 Å². The van der Waals surface area contributed by atoms with Crippen LogP contribution in [0.5, 0.6) is 0 Å². The molecule has 1 fully saturated rings. The van der Waals surface area contributed by atoms with Crippen molar-refractivity contribution in [2.75, 3.05) is 43.3 Å². The first-order valence-corrected chi connectivity index (χ1v) is 14.0. The maximum atomic E-state index is 12.2. The lowest BCUT2D eigenvalue weighted by molar-refractivity contribution is -0.0724. The Hall–Kier alpha value is -1.68. The second-order valence-electron chi connectivity index (χ2n) is 9.57. The molecule has 1 atom stereocenters. The van der Waals surface area contributed by atoms with Crippen molar-refractivity contribution in [2.45, 2.75) is 65.3 Å². The van der Waals surface area contributed by atoms with Crippen LogP contribution in [0.4, 0.5) is 16.3 Å². The van der Waals surface area contributed by atoms with Gasteiger partial charge in [-0.1, -0.05) is 19.6 Å². The summed E-state index contributed by atoms with van der Waals surface area (Å²) in [6, 6.07) is 3.83. The molecule has 0 aliphatic carbocycles. The molecule has 0 aromatic carbocycles. The minimum absolute atomic E-state index is 0.203. The molecule has 0 radical (unpaired) electrons. The third kappa shape index (κ3) is 8.59. The number of carbonyl (C=O) groups excluding carboxylic acids is 1. The van der Waals surface area contributed by atoms with E-state index in [4.69, 9.17) is 18.9 Å². The summed E-state index contributed by atoms with van der Waals surface area (Å²) in [4.78, 5) is 18.9. The molecule has 1 aromatic heterocycles. The average Bonchev–Trinajstić information content (AvgIpc) is 2.63. The number of hydrogen-bond donors (Lipinski definition) is 1. The fourth-order valence-corrected chi connectivity index (χ4v) is 3.24. The molecule has 8 nitrogen and oxygen atoms in total. The highest BCUT2D eigenvalue weighted by molar-refractivity contribution is 6.77. The number of anilines is 2. The largest absolute Gasteiger partial charge is 0.444 e. The van der Waals surface area contributed by atoms with Gasteiger partial charge in [-0.25, -0.2) is 9.78 Å². The van der Waals surface area contributed by atoms with Crippen molar-refractivity contribution in [3.05, 3.63) is 17.8 Å². The molecule has 1 aliphatic heterocycles. The Morgan fingerprint density at radius 1 is 1.27 bits per heavy atom. The molecule has 170 valence electrons. The third-order valence-corrected chi connectivity index (χ3v) is 7.35. The Balaban J connectivity index is 2.06. The van der Waals surface area contributed by atoms with Crippen LogP contribution in [0.2, 0.25) is 19.6 Å². The second-order valence-corrected chi connectivity index (χ2v) is 15.1. The maximum absolute atomic E-state index is 12.2. The van der Waals surface area contributed by atoms with Crippen molar-refractivity contribution in [2.24, 2.45) is 0 Å². The van der Waals surface area contributed by atoms with Gasteiger partial charge in [0, 0.05) is 30.6 Å². The average molecular weight is 440 g/mol. The molecule has 1 amide bonds. The summed E-state index contributed by atoms with van der Waals surface area (Å²) in [5.74, 6) is 0.434. The fourth-order valence-electron chi connectivity index (χ4n) is 2.67. The predicted molar refractivity (Wildman–Crippen MR) is 121 cm³/mol. The molecular weight excluding hydrogens is 402 g/mol. The molecule has 1 aliphatic rings. The van der Waals surface area contributed by atoms with Gasteiger partial charge in [0.05, 0.1) is 33.6 Å². The first-order valence-electron chi connectivity index (χ1n) is 10.5. The summed E-state index contributed by atoms with van der Waals surface area (Å²) in [6.07, 6.45) is -0.534. The van der Waals surface area contributed by atoms with Gasteiger partial charge in [-0.15, -0.1) is 0 Å². The number of pyridine rings is 1. The van der Waals surface area contributed by atoms with Crippen LogP contribution >= 0.6 is 0 Å². The van der Waals surface area contributed by atoms with Crippen molar-refractivity contribution in [1.29, 1.82) is 0 Å². The number of nitrogens with one attached hydrogen (secondary N) is 1. The smallest absolute Gasteiger partial charge is 0.413 e. The van der Waals surface area contributed by atoms with E-state index in [1.807, 2.05) is 32.9 Å². The molecule has 1 unspecified atom stereocenters. The van der Waals surface area contributed by atoms with Gasteiger partial charge in [0.15, 0.2) is 0 Å².